The van der Waals surface area contributed by atoms with Crippen molar-refractivity contribution < 1.29 is 9.90 Å². The minimum atomic E-state index is -0.947. The molecule has 1 saturated heterocycles. The van der Waals surface area contributed by atoms with Gasteiger partial charge in [-0.25, -0.2) is 9.78 Å². The van der Waals surface area contributed by atoms with Crippen molar-refractivity contribution in [2.24, 2.45) is 5.92 Å². The second-order valence-electron chi connectivity index (χ2n) is 8.93. The quantitative estimate of drug-likeness (QED) is 0.336. The zero-order chi connectivity index (χ0) is 24.0. The van der Waals surface area contributed by atoms with Gasteiger partial charge < -0.3 is 20.7 Å². The van der Waals surface area contributed by atoms with Gasteiger partial charge in [-0.2, -0.15) is 0 Å². The number of nitrogens with one attached hydrogen (secondary N) is 3. The number of aromatic nitrogens is 4. The first-order valence-electron chi connectivity index (χ1n) is 11.5. The van der Waals surface area contributed by atoms with Crippen molar-refractivity contribution in [2.75, 3.05) is 13.1 Å². The first kappa shape index (κ1) is 21.8. The SMILES string of the molecule is Cc1cccc(-c2[nH]cnc2-c2ccc3ncc(C4([C@@H]5CCNC5)NC(C(=O)O)=CS4)cc3c2)n1. The number of benzene rings is 1. The lowest BCUT2D eigenvalue weighted by atomic mass is 9.91. The Bertz CT molecular complexity index is 1480. The van der Waals surface area contributed by atoms with Crippen LogP contribution in [-0.2, 0) is 9.67 Å². The Morgan fingerprint density at radius 2 is 2.11 bits per heavy atom. The van der Waals surface area contributed by atoms with Crippen LogP contribution in [0.4, 0.5) is 0 Å². The standard InChI is InChI=1S/C26H24N6O2S/c1-15-3-2-4-21(31-15)24-23(29-14-30-24)16-5-6-20-17(9-16)10-19(12-28-20)26(18-7-8-27-11-18)32-22(13-35-26)25(33)34/h2-6,9-10,12-14,18,27,32H,7-8,11H2,1H3,(H,29,30)(H,33,34)/t18-,26?/m1/s1. The molecule has 2 aliphatic heterocycles. The van der Waals surface area contributed by atoms with Gasteiger partial charge in [0.1, 0.15) is 10.6 Å². The molecule has 9 heteroatoms. The molecule has 176 valence electrons. The lowest BCUT2D eigenvalue weighted by Crippen LogP contribution is -2.44. The first-order chi connectivity index (χ1) is 17.0. The number of aliphatic carboxylic acids is 1. The minimum Gasteiger partial charge on any atom is -0.477 e. The topological polar surface area (TPSA) is 116 Å². The lowest BCUT2D eigenvalue weighted by Gasteiger charge is -2.35. The first-order valence-corrected chi connectivity index (χ1v) is 12.4. The Labute approximate surface area is 206 Å². The Hall–Kier alpha value is -3.69. The predicted octanol–water partition coefficient (Wildman–Crippen LogP) is 4.02. The van der Waals surface area contributed by atoms with Gasteiger partial charge in [0.25, 0.3) is 0 Å². The van der Waals surface area contributed by atoms with Gasteiger partial charge in [-0.3, -0.25) is 9.97 Å². The molecule has 2 atom stereocenters. The van der Waals surface area contributed by atoms with Gasteiger partial charge in [-0.1, -0.05) is 23.9 Å². The summed E-state index contributed by atoms with van der Waals surface area (Å²) in [5.41, 5.74) is 6.51. The van der Waals surface area contributed by atoms with Crippen LogP contribution in [0.1, 0.15) is 17.7 Å². The smallest absolute Gasteiger partial charge is 0.352 e. The highest BCUT2D eigenvalue weighted by Crippen LogP contribution is 2.48. The van der Waals surface area contributed by atoms with Crippen molar-refractivity contribution in [3.63, 3.8) is 0 Å². The lowest BCUT2D eigenvalue weighted by molar-refractivity contribution is -0.133. The number of thioether (sulfide) groups is 1. The molecule has 4 aromatic rings. The van der Waals surface area contributed by atoms with Gasteiger partial charge in [0.05, 0.1) is 28.9 Å². The molecule has 5 heterocycles. The molecule has 0 amide bonds. The molecule has 1 aromatic carbocycles. The minimum absolute atomic E-state index is 0.225. The molecule has 8 nitrogen and oxygen atoms in total. The van der Waals surface area contributed by atoms with Crippen LogP contribution >= 0.6 is 11.8 Å². The number of carboxylic acid groups (broad SMARTS) is 1. The van der Waals surface area contributed by atoms with E-state index in [4.69, 9.17) is 4.98 Å². The van der Waals surface area contributed by atoms with E-state index in [1.807, 2.05) is 43.5 Å². The molecule has 1 fully saturated rings. The highest BCUT2D eigenvalue weighted by Gasteiger charge is 2.46. The van der Waals surface area contributed by atoms with Crippen molar-refractivity contribution in [3.05, 3.63) is 77.4 Å². The number of aryl methyl sites for hydroxylation is 1. The third kappa shape index (κ3) is 3.77. The Morgan fingerprint density at radius 3 is 2.89 bits per heavy atom. The summed E-state index contributed by atoms with van der Waals surface area (Å²) in [4.78, 5) is 28.4. The largest absolute Gasteiger partial charge is 0.477 e. The molecule has 0 aliphatic carbocycles. The number of carboxylic acids is 1. The third-order valence-corrected chi connectivity index (χ3v) is 8.11. The van der Waals surface area contributed by atoms with Crippen molar-refractivity contribution in [1.82, 2.24) is 30.6 Å². The number of imidazole rings is 1. The molecule has 4 N–H and O–H groups in total. The van der Waals surface area contributed by atoms with Crippen LogP contribution < -0.4 is 10.6 Å². The van der Waals surface area contributed by atoms with E-state index >= 15 is 0 Å². The predicted molar refractivity (Wildman–Crippen MR) is 136 cm³/mol. The van der Waals surface area contributed by atoms with Gasteiger partial charge in [-0.15, -0.1) is 0 Å². The molecule has 6 rings (SSSR count). The summed E-state index contributed by atoms with van der Waals surface area (Å²) in [6.07, 6.45) is 4.52. The zero-order valence-electron chi connectivity index (χ0n) is 19.1. The number of rotatable bonds is 5. The fourth-order valence-electron chi connectivity index (χ4n) is 4.96. The molecule has 35 heavy (non-hydrogen) atoms. The second kappa shape index (κ2) is 8.51. The molecule has 2 aliphatic rings. The summed E-state index contributed by atoms with van der Waals surface area (Å²) in [5.74, 6) is -0.717. The average Bonchev–Trinajstić information content (AvgIpc) is 3.64. The molecule has 0 saturated carbocycles. The Kier molecular flexibility index (Phi) is 5.31. The van der Waals surface area contributed by atoms with Crippen LogP contribution in [0.2, 0.25) is 0 Å². The van der Waals surface area contributed by atoms with Crippen LogP contribution in [0.3, 0.4) is 0 Å². The monoisotopic (exact) mass is 484 g/mol. The van der Waals surface area contributed by atoms with E-state index in [1.54, 1.807) is 11.7 Å². The number of hydrogen-bond donors (Lipinski definition) is 4. The summed E-state index contributed by atoms with van der Waals surface area (Å²) >= 11 is 1.53. The van der Waals surface area contributed by atoms with E-state index < -0.39 is 10.8 Å². The fraction of sp³-hybridized carbons (Fsp3) is 0.231. The normalized spacial score (nSPS) is 21.7. The number of H-pyrrole nitrogens is 1. The number of carbonyl (C=O) groups is 1. The van der Waals surface area contributed by atoms with Crippen LogP contribution in [-0.4, -0.2) is 44.1 Å². The Balaban J connectivity index is 1.43. The van der Waals surface area contributed by atoms with E-state index in [9.17, 15) is 9.90 Å². The molecule has 0 radical (unpaired) electrons. The fourth-order valence-corrected chi connectivity index (χ4v) is 6.24. The van der Waals surface area contributed by atoms with Gasteiger partial charge in [0, 0.05) is 46.3 Å². The van der Waals surface area contributed by atoms with Crippen LogP contribution in [0.25, 0.3) is 33.5 Å². The summed E-state index contributed by atoms with van der Waals surface area (Å²) in [7, 11) is 0. The van der Waals surface area contributed by atoms with E-state index in [-0.39, 0.29) is 11.6 Å². The molecule has 1 unspecified atom stereocenters. The molecule has 0 bridgehead atoms. The zero-order valence-corrected chi connectivity index (χ0v) is 19.9. The van der Waals surface area contributed by atoms with Gasteiger partial charge in [-0.05, 0) is 50.2 Å². The summed E-state index contributed by atoms with van der Waals surface area (Å²) in [6.45, 7) is 3.70. The van der Waals surface area contributed by atoms with E-state index in [0.717, 1.165) is 64.3 Å². The summed E-state index contributed by atoms with van der Waals surface area (Å²) in [6, 6.07) is 14.2. The third-order valence-electron chi connectivity index (χ3n) is 6.72. The molecule has 0 spiro atoms. The van der Waals surface area contributed by atoms with Crippen LogP contribution in [0.5, 0.6) is 0 Å². The van der Waals surface area contributed by atoms with E-state index in [1.165, 1.54) is 11.8 Å². The van der Waals surface area contributed by atoms with Gasteiger partial charge in [0.15, 0.2) is 0 Å². The molecule has 3 aromatic heterocycles. The maximum atomic E-state index is 11.7. The number of nitrogens with zero attached hydrogens (tertiary/aromatic N) is 3. The van der Waals surface area contributed by atoms with E-state index in [0.29, 0.717) is 0 Å². The Morgan fingerprint density at radius 1 is 1.20 bits per heavy atom. The van der Waals surface area contributed by atoms with Gasteiger partial charge in [0.2, 0.25) is 0 Å². The van der Waals surface area contributed by atoms with Gasteiger partial charge >= 0.3 is 5.97 Å². The van der Waals surface area contributed by atoms with Crippen LogP contribution in [0.15, 0.2) is 66.1 Å². The summed E-state index contributed by atoms with van der Waals surface area (Å²) < 4.78 is 0. The number of hydrogen-bond acceptors (Lipinski definition) is 7. The van der Waals surface area contributed by atoms with E-state index in [2.05, 4.69) is 37.7 Å². The molecular formula is C26H24N6O2S. The maximum absolute atomic E-state index is 11.7. The van der Waals surface area contributed by atoms with Crippen molar-refractivity contribution in [2.45, 2.75) is 18.2 Å². The second-order valence-corrected chi connectivity index (χ2v) is 10.0. The highest BCUT2D eigenvalue weighted by molar-refractivity contribution is 8.03. The van der Waals surface area contributed by atoms with Crippen LogP contribution in [0, 0.1) is 12.8 Å². The highest BCUT2D eigenvalue weighted by atomic mass is 32.2. The number of fused-ring (bicyclic) bond motifs is 1. The van der Waals surface area contributed by atoms with Crippen molar-refractivity contribution in [1.29, 1.82) is 0 Å². The number of aromatic amines is 1. The number of pyridine rings is 2. The van der Waals surface area contributed by atoms with Crippen molar-refractivity contribution in [3.8, 4) is 22.6 Å². The molecular weight excluding hydrogens is 460 g/mol. The summed E-state index contributed by atoms with van der Waals surface area (Å²) in [5, 5.41) is 19.0. The maximum Gasteiger partial charge on any atom is 0.352 e. The van der Waals surface area contributed by atoms with Crippen molar-refractivity contribution >= 4 is 28.6 Å². The average molecular weight is 485 g/mol.